The van der Waals surface area contributed by atoms with Crippen molar-refractivity contribution in [1.82, 2.24) is 0 Å². The summed E-state index contributed by atoms with van der Waals surface area (Å²) >= 11 is 11.2. The highest BCUT2D eigenvalue weighted by atomic mass is 33.7. The van der Waals surface area contributed by atoms with Crippen LogP contribution in [0, 0.1) is 0 Å². The fraction of sp³-hybridized carbons (Fsp3) is 1.00. The van der Waals surface area contributed by atoms with Crippen LogP contribution in [0.3, 0.4) is 0 Å². The van der Waals surface area contributed by atoms with Crippen LogP contribution in [-0.4, -0.2) is 24.4 Å². The van der Waals surface area contributed by atoms with Crippen molar-refractivity contribution in [1.29, 1.82) is 0 Å². The molecule has 0 rings (SSSR count). The first kappa shape index (κ1) is 25.2. The molecule has 0 saturated carbocycles. The molecule has 0 saturated heterocycles. The fourth-order valence-corrected chi connectivity index (χ4v) is 22.6. The van der Waals surface area contributed by atoms with Crippen LogP contribution in [0.4, 0.5) is 0 Å². The number of hydrogen-bond acceptors (Lipinski definition) is 9. The molecular weight excluding hydrogens is 430 g/mol. The lowest BCUT2D eigenvalue weighted by molar-refractivity contribution is 0.185. The lowest BCUT2D eigenvalue weighted by Crippen LogP contribution is -2.05. The summed E-state index contributed by atoms with van der Waals surface area (Å²) in [5, 5.41) is 0. The van der Waals surface area contributed by atoms with E-state index in [0.29, 0.717) is 0 Å². The molecule has 11 heteroatoms. The maximum absolute atomic E-state index is 5.85. The van der Waals surface area contributed by atoms with Crippen LogP contribution < -0.4 is 0 Å². The fourth-order valence-electron chi connectivity index (χ4n) is 1.24. The average molecular weight is 459 g/mol. The van der Waals surface area contributed by atoms with Crippen molar-refractivity contribution in [2.75, 3.05) is 0 Å². The second kappa shape index (κ2) is 11.8. The van der Waals surface area contributed by atoms with E-state index < -0.39 is 11.4 Å². The molecule has 0 aliphatic heterocycles. The van der Waals surface area contributed by atoms with Gasteiger partial charge in [-0.3, -0.25) is 0 Å². The largest absolute Gasteiger partial charge is 0.318 e. The molecule has 0 aliphatic rings. The van der Waals surface area contributed by atoms with Gasteiger partial charge in [-0.05, 0) is 88.8 Å². The first-order valence-electron chi connectivity index (χ1n) is 7.36. The summed E-state index contributed by atoms with van der Waals surface area (Å²) in [6, 6.07) is 0. The van der Waals surface area contributed by atoms with Gasteiger partial charge in [-0.15, -0.1) is 0 Å². The Morgan fingerprint density at radius 3 is 0.957 bits per heavy atom. The zero-order valence-electron chi connectivity index (χ0n) is 14.9. The second-order valence-corrected chi connectivity index (χ2v) is 21.2. The lowest BCUT2D eigenvalue weighted by atomic mass is 10.5. The van der Waals surface area contributed by atoms with Gasteiger partial charge in [0.2, 0.25) is 0 Å². The normalized spacial score (nSPS) is 13.7. The zero-order chi connectivity index (χ0) is 18.3. The Kier molecular flexibility index (Phi) is 12.9. The minimum absolute atomic E-state index is 0.0135. The first-order chi connectivity index (χ1) is 10.4. The Labute approximate surface area is 162 Å². The Bertz CT molecular complexity index is 366. The number of hydrogen-bond donors (Lipinski definition) is 0. The molecule has 0 aromatic rings. The summed E-state index contributed by atoms with van der Waals surface area (Å²) in [5.74, 6) is 0. The van der Waals surface area contributed by atoms with Crippen LogP contribution >= 0.6 is 42.0 Å². The van der Waals surface area contributed by atoms with Crippen molar-refractivity contribution in [3.63, 3.8) is 0 Å². The van der Waals surface area contributed by atoms with Crippen molar-refractivity contribution in [3.8, 4) is 0 Å². The third-order valence-corrected chi connectivity index (χ3v) is 19.3. The van der Waals surface area contributed by atoms with E-state index in [9.17, 15) is 0 Å². The van der Waals surface area contributed by atoms with Gasteiger partial charge in [0.15, 0.2) is 0 Å². The summed E-state index contributed by atoms with van der Waals surface area (Å²) in [6.07, 6.45) is 0.0539. The highest BCUT2D eigenvalue weighted by molar-refractivity contribution is 9.30. The molecule has 0 aromatic heterocycles. The number of rotatable bonds is 12. The van der Waals surface area contributed by atoms with Crippen molar-refractivity contribution < 1.29 is 18.1 Å². The van der Waals surface area contributed by atoms with Crippen molar-refractivity contribution in [2.45, 2.75) is 79.8 Å². The molecule has 140 valence electrons. The third-order valence-electron chi connectivity index (χ3n) is 1.60. The monoisotopic (exact) mass is 458 g/mol. The van der Waals surface area contributed by atoms with E-state index in [1.54, 1.807) is 0 Å². The van der Waals surface area contributed by atoms with Gasteiger partial charge in [-0.25, -0.2) is 0 Å². The van der Waals surface area contributed by atoms with Gasteiger partial charge in [0, 0.05) is 20.8 Å². The smallest absolute Gasteiger partial charge is 0.259 e. The van der Waals surface area contributed by atoms with Gasteiger partial charge in [0.05, 0.1) is 24.4 Å². The summed E-state index contributed by atoms with van der Waals surface area (Å²) in [7, 11) is 4.31. The Morgan fingerprint density at radius 2 is 0.783 bits per heavy atom. The van der Waals surface area contributed by atoms with E-state index in [2.05, 4.69) is 0 Å². The van der Waals surface area contributed by atoms with Gasteiger partial charge >= 0.3 is 0 Å². The SMILES string of the molecule is CC(C)OP(=S)(OC(C)C)SSSP(=S)(OC(C)C)OC(C)C. The summed E-state index contributed by atoms with van der Waals surface area (Å²) < 4.78 is 23.4. The molecule has 0 aliphatic carbocycles. The highest BCUT2D eigenvalue weighted by Crippen LogP contribution is 2.76. The van der Waals surface area contributed by atoms with E-state index in [1.807, 2.05) is 55.4 Å². The minimum atomic E-state index is -2.43. The van der Waals surface area contributed by atoms with Gasteiger partial charge in [-0.1, -0.05) is 0 Å². The molecule has 0 N–H and O–H groups in total. The summed E-state index contributed by atoms with van der Waals surface area (Å²) in [5.41, 5.74) is -4.87. The summed E-state index contributed by atoms with van der Waals surface area (Å²) in [4.78, 5) is 0. The van der Waals surface area contributed by atoms with Crippen LogP contribution in [-0.2, 0) is 41.7 Å². The molecule has 0 amide bonds. The minimum Gasteiger partial charge on any atom is -0.318 e. The molecule has 0 atom stereocenters. The highest BCUT2D eigenvalue weighted by Gasteiger charge is 2.29. The maximum Gasteiger partial charge on any atom is 0.259 e. The Balaban J connectivity index is 4.80. The molecule has 4 nitrogen and oxygen atoms in total. The van der Waals surface area contributed by atoms with E-state index >= 15 is 0 Å². The molecule has 0 bridgehead atoms. The predicted octanol–water partition coefficient (Wildman–Crippen LogP) is 7.17. The Hall–Kier alpha value is 2.19. The maximum atomic E-state index is 5.85. The van der Waals surface area contributed by atoms with Crippen molar-refractivity contribution in [3.05, 3.63) is 0 Å². The van der Waals surface area contributed by atoms with Crippen LogP contribution in [0.5, 0.6) is 0 Å². The topological polar surface area (TPSA) is 36.9 Å². The average Bonchev–Trinajstić information content (AvgIpc) is 2.22. The van der Waals surface area contributed by atoms with Crippen LogP contribution in [0.1, 0.15) is 55.4 Å². The quantitative estimate of drug-likeness (QED) is 0.223. The molecule has 0 aromatic carbocycles. The molecule has 0 unspecified atom stereocenters. The molecule has 23 heavy (non-hydrogen) atoms. The van der Waals surface area contributed by atoms with Crippen LogP contribution in [0.2, 0.25) is 0 Å². The molecule has 0 radical (unpaired) electrons. The molecule has 0 spiro atoms. The first-order valence-corrected chi connectivity index (χ1v) is 17.3. The van der Waals surface area contributed by atoms with E-state index in [1.165, 1.54) is 30.7 Å². The van der Waals surface area contributed by atoms with E-state index in [0.717, 1.165) is 0 Å². The van der Waals surface area contributed by atoms with Crippen molar-refractivity contribution in [2.24, 2.45) is 0 Å². The Morgan fingerprint density at radius 1 is 0.565 bits per heavy atom. The predicted molar refractivity (Wildman–Crippen MR) is 116 cm³/mol. The van der Waals surface area contributed by atoms with E-state index in [4.69, 9.17) is 41.7 Å². The second-order valence-electron chi connectivity index (χ2n) is 5.73. The van der Waals surface area contributed by atoms with Crippen LogP contribution in [0.15, 0.2) is 0 Å². The van der Waals surface area contributed by atoms with Gasteiger partial charge in [-0.2, -0.15) is 0 Å². The standard InChI is InChI=1S/C12H28O4P2S5/c1-9(2)13-17(19,14-10(3)4)21-23-22-18(20,15-11(5)6)16-12(7)8/h9-12H,1-8H3. The summed E-state index contributed by atoms with van der Waals surface area (Å²) in [6.45, 7) is 15.6. The van der Waals surface area contributed by atoms with Gasteiger partial charge < -0.3 is 18.1 Å². The zero-order valence-corrected chi connectivity index (χ0v) is 20.7. The lowest BCUT2D eigenvalue weighted by Gasteiger charge is -2.27. The van der Waals surface area contributed by atoms with Crippen LogP contribution in [0.25, 0.3) is 0 Å². The van der Waals surface area contributed by atoms with Crippen molar-refractivity contribution >= 4 is 65.7 Å². The van der Waals surface area contributed by atoms with Gasteiger partial charge in [0.1, 0.15) is 0 Å². The molecule has 0 heterocycles. The molecular formula is C12H28O4P2S5. The molecule has 0 fully saturated rings. The van der Waals surface area contributed by atoms with Gasteiger partial charge in [0.25, 0.3) is 11.4 Å². The van der Waals surface area contributed by atoms with E-state index in [-0.39, 0.29) is 24.4 Å². The third kappa shape index (κ3) is 13.1.